The van der Waals surface area contributed by atoms with Crippen molar-refractivity contribution in [3.8, 4) is 0 Å². The zero-order chi connectivity index (χ0) is 16.2. The second-order valence-corrected chi connectivity index (χ2v) is 6.41. The molecular formula is C15H16N4O3S. The Bertz CT molecular complexity index is 708. The van der Waals surface area contributed by atoms with E-state index in [4.69, 9.17) is 0 Å². The van der Waals surface area contributed by atoms with Gasteiger partial charge in [-0.25, -0.2) is 4.98 Å². The van der Waals surface area contributed by atoms with Crippen LogP contribution in [-0.2, 0) is 0 Å². The third kappa shape index (κ3) is 3.72. The first kappa shape index (κ1) is 15.6. The van der Waals surface area contributed by atoms with E-state index in [9.17, 15) is 14.9 Å². The van der Waals surface area contributed by atoms with E-state index >= 15 is 0 Å². The van der Waals surface area contributed by atoms with Crippen LogP contribution in [0.1, 0.15) is 34.0 Å². The highest BCUT2D eigenvalue weighted by Gasteiger charge is 2.18. The molecule has 1 amide bonds. The summed E-state index contributed by atoms with van der Waals surface area (Å²) in [7, 11) is 0. The first-order valence-corrected chi connectivity index (χ1v) is 8.17. The van der Waals surface area contributed by atoms with Crippen LogP contribution in [0.4, 0.5) is 10.8 Å². The van der Waals surface area contributed by atoms with Crippen LogP contribution in [0.15, 0.2) is 30.5 Å². The van der Waals surface area contributed by atoms with Crippen molar-refractivity contribution in [3.05, 3.63) is 51.0 Å². The molecule has 0 unspecified atom stereocenters. The summed E-state index contributed by atoms with van der Waals surface area (Å²) in [6.45, 7) is 2.01. The molecule has 7 nitrogen and oxygen atoms in total. The highest BCUT2D eigenvalue weighted by Crippen LogP contribution is 2.31. The number of non-ortho nitro benzene ring substituents is 1. The fourth-order valence-electron chi connectivity index (χ4n) is 2.54. The Morgan fingerprint density at radius 2 is 2.00 bits per heavy atom. The second-order valence-electron chi connectivity index (χ2n) is 5.35. The van der Waals surface area contributed by atoms with Gasteiger partial charge in [-0.1, -0.05) is 0 Å². The van der Waals surface area contributed by atoms with Gasteiger partial charge in [0.15, 0.2) is 5.13 Å². The molecule has 0 bridgehead atoms. The quantitative estimate of drug-likeness (QED) is 0.663. The number of carbonyl (C=O) groups excluding carboxylic acids is 1. The molecule has 23 heavy (non-hydrogen) atoms. The van der Waals surface area contributed by atoms with Crippen molar-refractivity contribution in [1.82, 2.24) is 10.3 Å². The molecule has 0 aliphatic carbocycles. The maximum absolute atomic E-state index is 12.2. The summed E-state index contributed by atoms with van der Waals surface area (Å²) in [6.07, 6.45) is 3.99. The van der Waals surface area contributed by atoms with E-state index in [2.05, 4.69) is 15.6 Å². The number of carbonyl (C=O) groups is 1. The van der Waals surface area contributed by atoms with Gasteiger partial charge in [-0.05, 0) is 44.0 Å². The highest BCUT2D eigenvalue weighted by atomic mass is 32.1. The lowest BCUT2D eigenvalue weighted by atomic mass is 9.97. The van der Waals surface area contributed by atoms with Gasteiger partial charge in [0.05, 0.1) is 4.92 Å². The van der Waals surface area contributed by atoms with Crippen LogP contribution in [0, 0.1) is 10.1 Å². The Morgan fingerprint density at radius 1 is 1.30 bits per heavy atom. The van der Waals surface area contributed by atoms with Crippen LogP contribution in [0.25, 0.3) is 0 Å². The summed E-state index contributed by atoms with van der Waals surface area (Å²) in [4.78, 5) is 27.7. The van der Waals surface area contributed by atoms with Crippen molar-refractivity contribution >= 4 is 28.1 Å². The Morgan fingerprint density at radius 3 is 2.65 bits per heavy atom. The largest absolute Gasteiger partial charge is 0.317 e. The number of amides is 1. The normalized spacial score (nSPS) is 15.3. The molecule has 0 spiro atoms. The summed E-state index contributed by atoms with van der Waals surface area (Å²) in [5, 5.41) is 17.2. The molecule has 2 N–H and O–H groups in total. The van der Waals surface area contributed by atoms with Gasteiger partial charge in [0.2, 0.25) is 0 Å². The van der Waals surface area contributed by atoms with E-state index in [1.807, 2.05) is 6.20 Å². The molecule has 1 aliphatic heterocycles. The van der Waals surface area contributed by atoms with E-state index in [1.165, 1.54) is 40.5 Å². The van der Waals surface area contributed by atoms with Crippen LogP contribution >= 0.6 is 11.3 Å². The smallest absolute Gasteiger partial charge is 0.269 e. The lowest BCUT2D eigenvalue weighted by Crippen LogP contribution is -2.26. The number of aromatic nitrogens is 1. The van der Waals surface area contributed by atoms with Crippen LogP contribution in [0.3, 0.4) is 0 Å². The Labute approximate surface area is 136 Å². The van der Waals surface area contributed by atoms with Gasteiger partial charge in [-0.3, -0.25) is 20.2 Å². The van der Waals surface area contributed by atoms with Gasteiger partial charge in [-0.15, -0.1) is 11.3 Å². The average molecular weight is 332 g/mol. The molecule has 3 rings (SSSR count). The average Bonchev–Trinajstić information content (AvgIpc) is 3.04. The number of nitrogens with one attached hydrogen (secondary N) is 2. The summed E-state index contributed by atoms with van der Waals surface area (Å²) < 4.78 is 0. The molecule has 8 heteroatoms. The maximum atomic E-state index is 12.2. The van der Waals surface area contributed by atoms with Gasteiger partial charge in [0.25, 0.3) is 11.6 Å². The standard InChI is InChI=1S/C15H16N4O3S/c20-14(11-1-3-12(4-2-11)19(21)22)18-15-17-9-13(23-15)10-5-7-16-8-6-10/h1-4,9-10,16H,5-8H2,(H,17,18,20). The van der Waals surface area contributed by atoms with Gasteiger partial charge >= 0.3 is 0 Å². The van der Waals surface area contributed by atoms with Crippen molar-refractivity contribution in [1.29, 1.82) is 0 Å². The van der Waals surface area contributed by atoms with Crippen molar-refractivity contribution in [2.45, 2.75) is 18.8 Å². The third-order valence-electron chi connectivity index (χ3n) is 3.83. The van der Waals surface area contributed by atoms with Crippen molar-refractivity contribution in [2.24, 2.45) is 0 Å². The molecule has 0 radical (unpaired) electrons. The van der Waals surface area contributed by atoms with Crippen LogP contribution < -0.4 is 10.6 Å². The van der Waals surface area contributed by atoms with Crippen molar-refractivity contribution < 1.29 is 9.72 Å². The molecule has 1 aliphatic rings. The molecule has 1 fully saturated rings. The molecule has 1 saturated heterocycles. The topological polar surface area (TPSA) is 97.2 Å². The van der Waals surface area contributed by atoms with Crippen LogP contribution in [0.2, 0.25) is 0 Å². The molecule has 0 saturated carbocycles. The third-order valence-corrected chi connectivity index (χ3v) is 4.90. The predicted octanol–water partition coefficient (Wildman–Crippen LogP) is 2.77. The van der Waals surface area contributed by atoms with E-state index < -0.39 is 4.92 Å². The number of nitro groups is 1. The fraction of sp³-hybridized carbons (Fsp3) is 0.333. The number of piperidine rings is 1. The van der Waals surface area contributed by atoms with E-state index in [-0.39, 0.29) is 11.6 Å². The number of hydrogen-bond donors (Lipinski definition) is 2. The molecule has 1 aromatic heterocycles. The van der Waals surface area contributed by atoms with Gasteiger partial charge < -0.3 is 5.32 Å². The Kier molecular flexibility index (Phi) is 4.63. The second kappa shape index (κ2) is 6.84. The lowest BCUT2D eigenvalue weighted by Gasteiger charge is -2.20. The SMILES string of the molecule is O=C(Nc1ncc(C2CCNCC2)s1)c1ccc([N+](=O)[O-])cc1. The minimum Gasteiger partial charge on any atom is -0.317 e. The number of anilines is 1. The van der Waals surface area contributed by atoms with E-state index in [1.54, 1.807) is 0 Å². The summed E-state index contributed by atoms with van der Waals surface area (Å²) in [5.74, 6) is 0.185. The Hall–Kier alpha value is -2.32. The molecule has 2 heterocycles. The van der Waals surface area contributed by atoms with Gasteiger partial charge in [0, 0.05) is 28.8 Å². The Balaban J connectivity index is 1.65. The number of thiazole rings is 1. The molecule has 0 atom stereocenters. The molecule has 2 aromatic rings. The first-order chi connectivity index (χ1) is 11.1. The number of hydrogen-bond acceptors (Lipinski definition) is 6. The monoisotopic (exact) mass is 332 g/mol. The van der Waals surface area contributed by atoms with Crippen LogP contribution in [0.5, 0.6) is 0 Å². The number of nitrogens with zero attached hydrogens (tertiary/aromatic N) is 2. The van der Waals surface area contributed by atoms with Crippen LogP contribution in [-0.4, -0.2) is 28.9 Å². The highest BCUT2D eigenvalue weighted by molar-refractivity contribution is 7.15. The van der Waals surface area contributed by atoms with Gasteiger partial charge in [0.1, 0.15) is 0 Å². The summed E-state index contributed by atoms with van der Waals surface area (Å²) in [5.41, 5.74) is 0.332. The summed E-state index contributed by atoms with van der Waals surface area (Å²) in [6, 6.07) is 5.51. The van der Waals surface area contributed by atoms with Crippen molar-refractivity contribution in [3.63, 3.8) is 0 Å². The maximum Gasteiger partial charge on any atom is 0.269 e. The molecule has 1 aromatic carbocycles. The minimum absolute atomic E-state index is 0.0380. The van der Waals surface area contributed by atoms with Gasteiger partial charge in [-0.2, -0.15) is 0 Å². The lowest BCUT2D eigenvalue weighted by molar-refractivity contribution is -0.384. The fourth-order valence-corrected chi connectivity index (χ4v) is 3.52. The number of benzene rings is 1. The zero-order valence-electron chi connectivity index (χ0n) is 12.3. The number of nitro benzene ring substituents is 1. The predicted molar refractivity (Wildman–Crippen MR) is 88.0 cm³/mol. The first-order valence-electron chi connectivity index (χ1n) is 7.36. The van der Waals surface area contributed by atoms with E-state index in [0.29, 0.717) is 16.6 Å². The van der Waals surface area contributed by atoms with Crippen molar-refractivity contribution in [2.75, 3.05) is 18.4 Å². The number of rotatable bonds is 4. The molecule has 120 valence electrons. The van der Waals surface area contributed by atoms with E-state index in [0.717, 1.165) is 25.9 Å². The minimum atomic E-state index is -0.492. The zero-order valence-corrected chi connectivity index (χ0v) is 13.1. The molecular weight excluding hydrogens is 316 g/mol. The summed E-state index contributed by atoms with van der Waals surface area (Å²) >= 11 is 1.49.